The van der Waals surface area contributed by atoms with Gasteiger partial charge in [-0.15, -0.1) is 0 Å². The molecule has 0 aliphatic rings. The van der Waals surface area contributed by atoms with Crippen LogP contribution in [-0.2, 0) is 15.6 Å². The molecule has 1 aromatic rings. The third kappa shape index (κ3) is 2.72. The third-order valence-electron chi connectivity index (χ3n) is 2.23. The third-order valence-corrected chi connectivity index (χ3v) is 3.88. The molecule has 0 fully saturated rings. The highest BCUT2D eigenvalue weighted by molar-refractivity contribution is 7.86. The van der Waals surface area contributed by atoms with Gasteiger partial charge in [0.15, 0.2) is 0 Å². The lowest BCUT2D eigenvalue weighted by Gasteiger charge is -2.09. The summed E-state index contributed by atoms with van der Waals surface area (Å²) in [6.45, 7) is 3.09. The number of rotatable bonds is 4. The minimum Gasteiger partial charge on any atom is -0.298 e. The first kappa shape index (κ1) is 13.0. The second-order valence-electron chi connectivity index (χ2n) is 3.33. The monoisotopic (exact) mass is 246 g/mol. The molecule has 0 bridgehead atoms. The molecule has 2 nitrogen and oxygen atoms in total. The lowest BCUT2D eigenvalue weighted by Crippen LogP contribution is -2.22. The van der Waals surface area contributed by atoms with Gasteiger partial charge in [0.05, 0.1) is 20.9 Å². The number of hydrogen-bond donors (Lipinski definition) is 0. The zero-order valence-corrected chi connectivity index (χ0v) is 9.81. The van der Waals surface area contributed by atoms with E-state index in [-0.39, 0.29) is 17.1 Å². The molecule has 0 aromatic heterocycles. The van der Waals surface area contributed by atoms with Crippen LogP contribution in [0.4, 0.5) is 8.78 Å². The maximum absolute atomic E-state index is 13.3. The first-order chi connectivity index (χ1) is 7.47. The fourth-order valence-electron chi connectivity index (χ4n) is 1.23. The van der Waals surface area contributed by atoms with Crippen LogP contribution < -0.4 is 0 Å². The second kappa shape index (κ2) is 5.30. The predicted molar refractivity (Wildman–Crippen MR) is 57.5 cm³/mol. The molecule has 0 saturated carbocycles. The van der Waals surface area contributed by atoms with Crippen molar-refractivity contribution in [3.05, 3.63) is 29.8 Å². The fraction of sp³-hybridized carbons (Fsp3) is 0.364. The Kier molecular flexibility index (Phi) is 4.29. The fourth-order valence-corrected chi connectivity index (χ4v) is 2.50. The molecular formula is C11H12F2O2S. The van der Waals surface area contributed by atoms with Crippen molar-refractivity contribution in [2.45, 2.75) is 30.4 Å². The Labute approximate surface area is 95.1 Å². The lowest BCUT2D eigenvalue weighted by molar-refractivity contribution is -0.118. The highest BCUT2D eigenvalue weighted by Gasteiger charge is 2.22. The summed E-state index contributed by atoms with van der Waals surface area (Å²) in [5.74, 6) is -1.65. The largest absolute Gasteiger partial charge is 0.298 e. The Morgan fingerprint density at radius 2 is 2.06 bits per heavy atom. The van der Waals surface area contributed by atoms with Gasteiger partial charge in [-0.2, -0.15) is 0 Å². The Bertz CT molecular complexity index is 432. The van der Waals surface area contributed by atoms with E-state index in [1.807, 2.05) is 0 Å². The van der Waals surface area contributed by atoms with Crippen LogP contribution in [0.3, 0.4) is 0 Å². The number of carbonyl (C=O) groups excluding carboxylic acids is 1. The van der Waals surface area contributed by atoms with E-state index in [2.05, 4.69) is 0 Å². The van der Waals surface area contributed by atoms with Crippen LogP contribution in [0.5, 0.6) is 0 Å². The minimum absolute atomic E-state index is 0.226. The Hall–Kier alpha value is -1.10. The van der Waals surface area contributed by atoms with E-state index in [0.717, 1.165) is 18.2 Å². The van der Waals surface area contributed by atoms with Crippen molar-refractivity contribution >= 4 is 16.6 Å². The average molecular weight is 246 g/mol. The van der Waals surface area contributed by atoms with Crippen LogP contribution in [-0.4, -0.2) is 15.2 Å². The zero-order chi connectivity index (χ0) is 12.3. The molecule has 0 saturated heterocycles. The molecule has 1 rings (SSSR count). The maximum Gasteiger partial charge on any atom is 0.148 e. The molecule has 0 radical (unpaired) electrons. The minimum atomic E-state index is -1.84. The zero-order valence-electron chi connectivity index (χ0n) is 9.00. The van der Waals surface area contributed by atoms with Crippen LogP contribution in [0.2, 0.25) is 0 Å². The van der Waals surface area contributed by atoms with E-state index < -0.39 is 27.7 Å². The van der Waals surface area contributed by atoms with Gasteiger partial charge in [-0.1, -0.05) is 6.92 Å². The van der Waals surface area contributed by atoms with E-state index in [1.54, 1.807) is 6.92 Å². The molecule has 0 aliphatic heterocycles. The molecule has 0 spiro atoms. The topological polar surface area (TPSA) is 34.1 Å². The van der Waals surface area contributed by atoms with E-state index in [9.17, 15) is 17.8 Å². The van der Waals surface area contributed by atoms with Gasteiger partial charge in [0.25, 0.3) is 0 Å². The van der Waals surface area contributed by atoms with Gasteiger partial charge in [0.2, 0.25) is 0 Å². The molecule has 5 heteroatoms. The summed E-state index contributed by atoms with van der Waals surface area (Å²) in [5, 5.41) is -0.818. The summed E-state index contributed by atoms with van der Waals surface area (Å²) < 4.78 is 37.9. The SMILES string of the molecule is CCC(=O)C(C)S(=O)c1cc(F)ccc1F. The summed E-state index contributed by atoms with van der Waals surface area (Å²) in [5.41, 5.74) is 0. The van der Waals surface area contributed by atoms with Gasteiger partial charge in [-0.05, 0) is 25.1 Å². The van der Waals surface area contributed by atoms with Gasteiger partial charge >= 0.3 is 0 Å². The summed E-state index contributed by atoms with van der Waals surface area (Å²) in [4.78, 5) is 11.1. The summed E-state index contributed by atoms with van der Waals surface area (Å²) in [6, 6.07) is 2.72. The van der Waals surface area contributed by atoms with Crippen molar-refractivity contribution < 1.29 is 17.8 Å². The van der Waals surface area contributed by atoms with Gasteiger partial charge < -0.3 is 0 Å². The standard InChI is InChI=1S/C11H12F2O2S/c1-3-10(14)7(2)16(15)11-6-8(12)4-5-9(11)13/h4-7H,3H2,1-2H3. The Morgan fingerprint density at radius 1 is 1.44 bits per heavy atom. The van der Waals surface area contributed by atoms with Crippen LogP contribution in [0, 0.1) is 11.6 Å². The van der Waals surface area contributed by atoms with E-state index in [1.165, 1.54) is 6.92 Å². The Morgan fingerprint density at radius 3 is 2.62 bits per heavy atom. The quantitative estimate of drug-likeness (QED) is 0.817. The first-order valence-electron chi connectivity index (χ1n) is 4.85. The van der Waals surface area contributed by atoms with E-state index in [4.69, 9.17) is 0 Å². The van der Waals surface area contributed by atoms with Gasteiger partial charge in [-0.25, -0.2) is 8.78 Å². The molecule has 88 valence electrons. The number of Topliss-reactive ketones (excluding diaryl/α,β-unsaturated/α-hetero) is 1. The van der Waals surface area contributed by atoms with Crippen LogP contribution >= 0.6 is 0 Å². The first-order valence-corrected chi connectivity index (χ1v) is 6.07. The Balaban J connectivity index is 3.05. The van der Waals surface area contributed by atoms with Crippen molar-refractivity contribution in [3.8, 4) is 0 Å². The number of halogens is 2. The van der Waals surface area contributed by atoms with Crippen molar-refractivity contribution in [2.75, 3.05) is 0 Å². The van der Waals surface area contributed by atoms with Crippen LogP contribution in [0.1, 0.15) is 20.3 Å². The average Bonchev–Trinajstić information content (AvgIpc) is 2.29. The summed E-state index contributed by atoms with van der Waals surface area (Å²) in [7, 11) is -1.84. The van der Waals surface area contributed by atoms with Gasteiger partial charge in [0.1, 0.15) is 17.4 Å². The van der Waals surface area contributed by atoms with Crippen molar-refractivity contribution in [1.82, 2.24) is 0 Å². The highest BCUT2D eigenvalue weighted by Crippen LogP contribution is 2.18. The molecular weight excluding hydrogens is 234 g/mol. The number of hydrogen-bond acceptors (Lipinski definition) is 2. The van der Waals surface area contributed by atoms with Gasteiger partial charge in [0, 0.05) is 6.42 Å². The molecule has 0 amide bonds. The molecule has 2 unspecified atom stereocenters. The summed E-state index contributed by atoms with van der Waals surface area (Å²) in [6.07, 6.45) is 0.226. The summed E-state index contributed by atoms with van der Waals surface area (Å²) >= 11 is 0. The molecule has 0 N–H and O–H groups in total. The molecule has 1 aromatic carbocycles. The number of ketones is 1. The lowest BCUT2D eigenvalue weighted by atomic mass is 10.2. The predicted octanol–water partition coefficient (Wildman–Crippen LogP) is 2.44. The molecule has 2 atom stereocenters. The molecule has 0 aliphatic carbocycles. The second-order valence-corrected chi connectivity index (χ2v) is 5.08. The highest BCUT2D eigenvalue weighted by atomic mass is 32.2. The maximum atomic E-state index is 13.3. The van der Waals surface area contributed by atoms with Crippen LogP contribution in [0.15, 0.2) is 23.1 Å². The van der Waals surface area contributed by atoms with Gasteiger partial charge in [-0.3, -0.25) is 9.00 Å². The van der Waals surface area contributed by atoms with Crippen molar-refractivity contribution in [2.24, 2.45) is 0 Å². The van der Waals surface area contributed by atoms with Crippen molar-refractivity contribution in [1.29, 1.82) is 0 Å². The van der Waals surface area contributed by atoms with E-state index in [0.29, 0.717) is 0 Å². The number of carbonyl (C=O) groups is 1. The van der Waals surface area contributed by atoms with E-state index >= 15 is 0 Å². The van der Waals surface area contributed by atoms with Crippen LogP contribution in [0.25, 0.3) is 0 Å². The van der Waals surface area contributed by atoms with Crippen molar-refractivity contribution in [3.63, 3.8) is 0 Å². The smallest absolute Gasteiger partial charge is 0.148 e. The number of benzene rings is 1. The molecule has 16 heavy (non-hydrogen) atoms. The normalized spacial score (nSPS) is 14.5. The molecule has 0 heterocycles.